The lowest BCUT2D eigenvalue weighted by molar-refractivity contribution is 0.284. The predicted molar refractivity (Wildman–Crippen MR) is 160 cm³/mol. The van der Waals surface area contributed by atoms with E-state index in [0.29, 0.717) is 24.2 Å². The summed E-state index contributed by atoms with van der Waals surface area (Å²) in [6, 6.07) is 29.9. The van der Waals surface area contributed by atoms with Crippen molar-refractivity contribution >= 4 is 17.6 Å². The van der Waals surface area contributed by atoms with Crippen LogP contribution in [0.25, 0.3) is 0 Å². The first-order chi connectivity index (χ1) is 19.1. The number of benzene rings is 4. The maximum Gasteiger partial charge on any atom is 0.161 e. The lowest BCUT2D eigenvalue weighted by atomic mass is 9.76. The van der Waals surface area contributed by atoms with Gasteiger partial charge >= 0.3 is 0 Å². The average molecular weight is 515 g/mol. The fraction of sp³-hybridized carbons (Fsp3) is 0.229. The van der Waals surface area contributed by atoms with Gasteiger partial charge < -0.3 is 14.8 Å². The van der Waals surface area contributed by atoms with E-state index in [4.69, 9.17) is 14.5 Å². The van der Waals surface area contributed by atoms with E-state index in [2.05, 4.69) is 98.0 Å². The van der Waals surface area contributed by atoms with E-state index in [1.807, 2.05) is 24.4 Å². The first kappa shape index (κ1) is 25.0. The summed E-state index contributed by atoms with van der Waals surface area (Å²) in [6.45, 7) is 4.75. The fourth-order valence-corrected chi connectivity index (χ4v) is 5.69. The number of nitrogens with one attached hydrogen (secondary N) is 1. The molecule has 1 aliphatic heterocycles. The third kappa shape index (κ3) is 5.33. The first-order valence-corrected chi connectivity index (χ1v) is 13.6. The molecular weight excluding hydrogens is 480 g/mol. The van der Waals surface area contributed by atoms with E-state index in [0.717, 1.165) is 29.0 Å². The summed E-state index contributed by atoms with van der Waals surface area (Å²) in [5.41, 5.74) is 9.53. The van der Waals surface area contributed by atoms with Crippen LogP contribution in [-0.4, -0.2) is 13.3 Å². The van der Waals surface area contributed by atoms with Gasteiger partial charge in [0.15, 0.2) is 11.5 Å². The molecule has 4 aromatic rings. The van der Waals surface area contributed by atoms with Crippen LogP contribution < -0.4 is 14.8 Å². The second kappa shape index (κ2) is 10.8. The van der Waals surface area contributed by atoms with Gasteiger partial charge in [-0.05, 0) is 84.8 Å². The number of hydrogen-bond donors (Lipinski definition) is 1. The minimum absolute atomic E-state index is 0.287. The van der Waals surface area contributed by atoms with Crippen LogP contribution in [0, 0.1) is 19.8 Å². The molecule has 0 radical (unpaired) electrons. The van der Waals surface area contributed by atoms with Gasteiger partial charge in [-0.25, -0.2) is 0 Å². The van der Waals surface area contributed by atoms with E-state index < -0.39 is 0 Å². The monoisotopic (exact) mass is 514 g/mol. The molecule has 0 amide bonds. The molecular formula is C35H34N2O2. The highest BCUT2D eigenvalue weighted by atomic mass is 16.5. The van der Waals surface area contributed by atoms with Gasteiger partial charge in [0.25, 0.3) is 0 Å². The number of aryl methyl sites for hydroxylation is 2. The molecule has 0 saturated carbocycles. The molecule has 3 atom stereocenters. The number of ether oxygens (including phenoxy) is 2. The molecule has 1 heterocycles. The number of aliphatic imine (C=N–C) groups is 1. The third-order valence-corrected chi connectivity index (χ3v) is 7.84. The zero-order valence-electron chi connectivity index (χ0n) is 22.7. The third-order valence-electron chi connectivity index (χ3n) is 7.84. The van der Waals surface area contributed by atoms with Gasteiger partial charge in [-0.3, -0.25) is 4.99 Å². The first-order valence-electron chi connectivity index (χ1n) is 13.6. The van der Waals surface area contributed by atoms with Crippen LogP contribution in [0.5, 0.6) is 11.5 Å². The quantitative estimate of drug-likeness (QED) is 0.199. The minimum Gasteiger partial charge on any atom is -0.493 e. The number of hydrogen-bond acceptors (Lipinski definition) is 4. The predicted octanol–water partition coefficient (Wildman–Crippen LogP) is 8.47. The average Bonchev–Trinajstić information content (AvgIpc) is 3.46. The van der Waals surface area contributed by atoms with E-state index in [9.17, 15) is 0 Å². The molecule has 0 fully saturated rings. The Morgan fingerprint density at radius 3 is 2.46 bits per heavy atom. The summed E-state index contributed by atoms with van der Waals surface area (Å²) >= 11 is 0. The van der Waals surface area contributed by atoms with Crippen molar-refractivity contribution in [3.05, 3.63) is 130 Å². The van der Waals surface area contributed by atoms with Crippen molar-refractivity contribution in [3.63, 3.8) is 0 Å². The van der Waals surface area contributed by atoms with Crippen molar-refractivity contribution in [3.8, 4) is 11.5 Å². The van der Waals surface area contributed by atoms with Crippen LogP contribution in [-0.2, 0) is 6.61 Å². The number of methoxy groups -OCH3 is 1. The van der Waals surface area contributed by atoms with Gasteiger partial charge in [0.2, 0.25) is 0 Å². The van der Waals surface area contributed by atoms with Crippen LogP contribution in [0.4, 0.5) is 11.4 Å². The van der Waals surface area contributed by atoms with Crippen molar-refractivity contribution < 1.29 is 9.47 Å². The number of allylic oxidation sites excluding steroid dienone is 2. The molecule has 0 bridgehead atoms. The van der Waals surface area contributed by atoms with Gasteiger partial charge in [0.1, 0.15) is 6.61 Å². The number of nitrogens with zero attached hydrogens (tertiary/aromatic N) is 1. The fourth-order valence-electron chi connectivity index (χ4n) is 5.69. The van der Waals surface area contributed by atoms with Gasteiger partial charge in [0, 0.05) is 17.8 Å². The van der Waals surface area contributed by atoms with Gasteiger partial charge in [-0.2, -0.15) is 0 Å². The molecule has 2 aliphatic rings. The Balaban J connectivity index is 1.14. The van der Waals surface area contributed by atoms with Crippen LogP contribution in [0.3, 0.4) is 0 Å². The van der Waals surface area contributed by atoms with Gasteiger partial charge in [-0.1, -0.05) is 71.8 Å². The summed E-state index contributed by atoms with van der Waals surface area (Å²) in [5.74, 6) is 2.42. The summed E-state index contributed by atoms with van der Waals surface area (Å²) in [5, 5.41) is 3.83. The van der Waals surface area contributed by atoms with E-state index >= 15 is 0 Å². The highest BCUT2D eigenvalue weighted by Crippen LogP contribution is 2.50. The second-order valence-electron chi connectivity index (χ2n) is 10.6. The van der Waals surface area contributed by atoms with Crippen molar-refractivity contribution in [2.75, 3.05) is 12.4 Å². The van der Waals surface area contributed by atoms with E-state index in [-0.39, 0.29) is 6.04 Å². The van der Waals surface area contributed by atoms with Crippen molar-refractivity contribution in [2.45, 2.75) is 38.8 Å². The Morgan fingerprint density at radius 1 is 0.872 bits per heavy atom. The van der Waals surface area contributed by atoms with Crippen molar-refractivity contribution in [2.24, 2.45) is 10.9 Å². The molecule has 4 heteroatoms. The van der Waals surface area contributed by atoms with Gasteiger partial charge in [-0.15, -0.1) is 0 Å². The molecule has 1 aliphatic carbocycles. The van der Waals surface area contributed by atoms with Crippen LogP contribution in [0.1, 0.15) is 51.8 Å². The number of rotatable bonds is 7. The molecule has 196 valence electrons. The normalized spacial score (nSPS) is 19.4. The molecule has 6 rings (SSSR count). The molecule has 0 spiro atoms. The number of fused-ring (bicyclic) bond motifs is 3. The summed E-state index contributed by atoms with van der Waals surface area (Å²) in [6.07, 6.45) is 7.70. The van der Waals surface area contributed by atoms with Crippen molar-refractivity contribution in [1.82, 2.24) is 0 Å². The van der Waals surface area contributed by atoms with Crippen LogP contribution >= 0.6 is 0 Å². The Hall–Kier alpha value is -4.31. The minimum atomic E-state index is 0.287. The maximum atomic E-state index is 6.02. The summed E-state index contributed by atoms with van der Waals surface area (Å²) in [4.78, 5) is 4.73. The zero-order chi connectivity index (χ0) is 26.8. The maximum absolute atomic E-state index is 6.02. The molecule has 0 aromatic heterocycles. The lowest BCUT2D eigenvalue weighted by Gasteiger charge is -2.37. The highest BCUT2D eigenvalue weighted by molar-refractivity contribution is 5.83. The molecule has 1 N–H and O–H groups in total. The number of anilines is 1. The van der Waals surface area contributed by atoms with E-state index in [1.54, 1.807) is 7.11 Å². The van der Waals surface area contributed by atoms with E-state index in [1.165, 1.54) is 27.9 Å². The zero-order valence-corrected chi connectivity index (χ0v) is 22.7. The standard InChI is InChI=1S/C35H34N2O2/c1-23-7-10-25(11-8-23)22-39-33-18-12-26(20-34(33)38-3)21-36-28-15-13-27(14-16-28)35-30-6-4-5-29(30)31-19-24(2)9-17-32(31)37-35/h4-5,7-21,29-30,35,37H,6,22H2,1-3H3/t29-,30+,35-/m0/s1. The Bertz CT molecular complexity index is 1520. The largest absolute Gasteiger partial charge is 0.493 e. The van der Waals surface area contributed by atoms with Crippen LogP contribution in [0.15, 0.2) is 102 Å². The topological polar surface area (TPSA) is 42.8 Å². The van der Waals surface area contributed by atoms with Gasteiger partial charge in [0.05, 0.1) is 18.8 Å². The Labute approximate surface area is 231 Å². The summed E-state index contributed by atoms with van der Waals surface area (Å²) < 4.78 is 11.6. The molecule has 4 nitrogen and oxygen atoms in total. The Kier molecular flexibility index (Phi) is 6.93. The Morgan fingerprint density at radius 2 is 1.67 bits per heavy atom. The highest BCUT2D eigenvalue weighted by Gasteiger charge is 2.37. The molecule has 0 saturated heterocycles. The SMILES string of the molecule is COc1cc(C=Nc2ccc([C@@H]3Nc4ccc(C)cc4[C@H]4C=CC[C@H]43)cc2)ccc1OCc1ccc(C)cc1. The second-order valence-corrected chi connectivity index (χ2v) is 10.6. The smallest absolute Gasteiger partial charge is 0.161 e. The lowest BCUT2D eigenvalue weighted by Crippen LogP contribution is -2.29. The molecule has 0 unspecified atom stereocenters. The van der Waals surface area contributed by atoms with Crippen LogP contribution in [0.2, 0.25) is 0 Å². The molecule has 39 heavy (non-hydrogen) atoms. The molecule has 4 aromatic carbocycles. The van der Waals surface area contributed by atoms with Crippen molar-refractivity contribution in [1.29, 1.82) is 0 Å². The summed E-state index contributed by atoms with van der Waals surface area (Å²) in [7, 11) is 1.66.